The number of rotatable bonds is 3. The van der Waals surface area contributed by atoms with E-state index in [0.717, 1.165) is 31.7 Å². The molecule has 1 heterocycles. The molecule has 0 aromatic heterocycles. The van der Waals surface area contributed by atoms with Crippen molar-refractivity contribution >= 4 is 0 Å². The molecule has 1 aliphatic rings. The maximum atomic E-state index is 5.44. The predicted octanol–water partition coefficient (Wildman–Crippen LogP) is 2.14. The van der Waals surface area contributed by atoms with E-state index in [1.807, 2.05) is 0 Å². The molecule has 0 amide bonds. The standard InChI is InChI=1S/C11H23NO/c1-10(2)9-11(3)12-5-4-7-13-8-6-12/h10-11H,4-9H2,1-3H3. The minimum Gasteiger partial charge on any atom is -0.380 e. The second kappa shape index (κ2) is 5.61. The highest BCUT2D eigenvalue weighted by molar-refractivity contribution is 4.70. The van der Waals surface area contributed by atoms with Gasteiger partial charge in [0.2, 0.25) is 0 Å². The average Bonchev–Trinajstić information content (AvgIpc) is 2.29. The molecule has 1 fully saturated rings. The molecule has 13 heavy (non-hydrogen) atoms. The Hall–Kier alpha value is -0.0800. The molecule has 0 N–H and O–H groups in total. The lowest BCUT2D eigenvalue weighted by atomic mass is 10.0. The van der Waals surface area contributed by atoms with Crippen LogP contribution in [0.4, 0.5) is 0 Å². The molecule has 1 unspecified atom stereocenters. The summed E-state index contributed by atoms with van der Waals surface area (Å²) < 4.78 is 5.44. The normalized spacial score (nSPS) is 23.1. The zero-order valence-electron chi connectivity index (χ0n) is 9.25. The van der Waals surface area contributed by atoms with Gasteiger partial charge in [0.05, 0.1) is 6.61 Å². The minimum absolute atomic E-state index is 0.724. The second-order valence-electron chi connectivity index (χ2n) is 4.48. The van der Waals surface area contributed by atoms with Crippen molar-refractivity contribution in [1.82, 2.24) is 4.90 Å². The lowest BCUT2D eigenvalue weighted by molar-refractivity contribution is 0.130. The van der Waals surface area contributed by atoms with Gasteiger partial charge in [0.1, 0.15) is 0 Å². The van der Waals surface area contributed by atoms with Gasteiger partial charge in [-0.15, -0.1) is 0 Å². The third-order valence-corrected chi connectivity index (χ3v) is 2.69. The van der Waals surface area contributed by atoms with Crippen LogP contribution in [0.2, 0.25) is 0 Å². The molecule has 0 aromatic rings. The maximum absolute atomic E-state index is 5.44. The van der Waals surface area contributed by atoms with E-state index in [1.165, 1.54) is 19.4 Å². The van der Waals surface area contributed by atoms with Crippen LogP contribution in [0.15, 0.2) is 0 Å². The largest absolute Gasteiger partial charge is 0.380 e. The molecule has 1 aliphatic heterocycles. The van der Waals surface area contributed by atoms with E-state index < -0.39 is 0 Å². The molecular weight excluding hydrogens is 162 g/mol. The molecule has 78 valence electrons. The van der Waals surface area contributed by atoms with Crippen LogP contribution in [0.25, 0.3) is 0 Å². The number of hydrogen-bond acceptors (Lipinski definition) is 2. The highest BCUT2D eigenvalue weighted by atomic mass is 16.5. The zero-order chi connectivity index (χ0) is 9.68. The van der Waals surface area contributed by atoms with Crippen LogP contribution in [-0.4, -0.2) is 37.2 Å². The molecule has 0 saturated carbocycles. The van der Waals surface area contributed by atoms with Crippen LogP contribution in [0.5, 0.6) is 0 Å². The quantitative estimate of drug-likeness (QED) is 0.668. The summed E-state index contributed by atoms with van der Waals surface area (Å²) in [4.78, 5) is 2.56. The van der Waals surface area contributed by atoms with Gasteiger partial charge in [-0.2, -0.15) is 0 Å². The van der Waals surface area contributed by atoms with Crippen molar-refractivity contribution in [3.05, 3.63) is 0 Å². The summed E-state index contributed by atoms with van der Waals surface area (Å²) in [6.07, 6.45) is 2.50. The van der Waals surface area contributed by atoms with Gasteiger partial charge in [-0.05, 0) is 25.7 Å². The zero-order valence-corrected chi connectivity index (χ0v) is 9.25. The van der Waals surface area contributed by atoms with Gasteiger partial charge in [-0.25, -0.2) is 0 Å². The fourth-order valence-electron chi connectivity index (χ4n) is 2.04. The molecule has 1 saturated heterocycles. The topological polar surface area (TPSA) is 12.5 Å². The van der Waals surface area contributed by atoms with Gasteiger partial charge in [-0.3, -0.25) is 4.90 Å². The fourth-order valence-corrected chi connectivity index (χ4v) is 2.04. The summed E-state index contributed by atoms with van der Waals surface area (Å²) in [6, 6.07) is 0.724. The van der Waals surface area contributed by atoms with Crippen molar-refractivity contribution in [3.8, 4) is 0 Å². The third-order valence-electron chi connectivity index (χ3n) is 2.69. The van der Waals surface area contributed by atoms with Crippen LogP contribution < -0.4 is 0 Å². The van der Waals surface area contributed by atoms with Crippen molar-refractivity contribution in [1.29, 1.82) is 0 Å². The van der Waals surface area contributed by atoms with Gasteiger partial charge in [-0.1, -0.05) is 13.8 Å². The SMILES string of the molecule is CC(C)CC(C)N1CCCOCC1. The molecule has 0 spiro atoms. The first-order valence-corrected chi connectivity index (χ1v) is 5.52. The van der Waals surface area contributed by atoms with Gasteiger partial charge >= 0.3 is 0 Å². The van der Waals surface area contributed by atoms with E-state index in [4.69, 9.17) is 4.74 Å². The van der Waals surface area contributed by atoms with E-state index in [1.54, 1.807) is 0 Å². The van der Waals surface area contributed by atoms with E-state index in [2.05, 4.69) is 25.7 Å². The Balaban J connectivity index is 2.30. The van der Waals surface area contributed by atoms with Gasteiger partial charge < -0.3 is 4.74 Å². The van der Waals surface area contributed by atoms with Crippen LogP contribution in [0.1, 0.15) is 33.6 Å². The van der Waals surface area contributed by atoms with Crippen molar-refractivity contribution < 1.29 is 4.74 Å². The summed E-state index contributed by atoms with van der Waals surface area (Å²) in [7, 11) is 0. The Morgan fingerprint density at radius 1 is 1.15 bits per heavy atom. The molecule has 1 rings (SSSR count). The van der Waals surface area contributed by atoms with E-state index in [-0.39, 0.29) is 0 Å². The molecule has 0 bridgehead atoms. The molecule has 0 aliphatic carbocycles. The molecule has 0 radical (unpaired) electrons. The number of ether oxygens (including phenoxy) is 1. The van der Waals surface area contributed by atoms with Gasteiger partial charge in [0, 0.05) is 25.7 Å². The highest BCUT2D eigenvalue weighted by Gasteiger charge is 2.16. The Morgan fingerprint density at radius 2 is 1.92 bits per heavy atom. The Morgan fingerprint density at radius 3 is 2.62 bits per heavy atom. The number of nitrogens with zero attached hydrogens (tertiary/aromatic N) is 1. The third kappa shape index (κ3) is 4.10. The number of hydrogen-bond donors (Lipinski definition) is 0. The van der Waals surface area contributed by atoms with Crippen molar-refractivity contribution in [3.63, 3.8) is 0 Å². The van der Waals surface area contributed by atoms with Gasteiger partial charge in [0.15, 0.2) is 0 Å². The van der Waals surface area contributed by atoms with E-state index >= 15 is 0 Å². The average molecular weight is 185 g/mol. The first kappa shape index (κ1) is 11.0. The van der Waals surface area contributed by atoms with Crippen LogP contribution in [0, 0.1) is 5.92 Å². The smallest absolute Gasteiger partial charge is 0.0593 e. The lowest BCUT2D eigenvalue weighted by Crippen LogP contribution is -2.35. The summed E-state index contributed by atoms with van der Waals surface area (Å²) in [5.41, 5.74) is 0. The predicted molar refractivity (Wildman–Crippen MR) is 55.9 cm³/mol. The summed E-state index contributed by atoms with van der Waals surface area (Å²) in [5, 5.41) is 0. The highest BCUT2D eigenvalue weighted by Crippen LogP contribution is 2.12. The summed E-state index contributed by atoms with van der Waals surface area (Å²) >= 11 is 0. The first-order chi connectivity index (χ1) is 6.20. The van der Waals surface area contributed by atoms with Crippen LogP contribution in [-0.2, 0) is 4.74 Å². The van der Waals surface area contributed by atoms with Gasteiger partial charge in [0.25, 0.3) is 0 Å². The summed E-state index contributed by atoms with van der Waals surface area (Å²) in [5.74, 6) is 0.805. The maximum Gasteiger partial charge on any atom is 0.0593 e. The fraction of sp³-hybridized carbons (Fsp3) is 1.00. The van der Waals surface area contributed by atoms with Crippen molar-refractivity contribution in [2.75, 3.05) is 26.3 Å². The molecular formula is C11H23NO. The van der Waals surface area contributed by atoms with Crippen LogP contribution in [0.3, 0.4) is 0 Å². The minimum atomic E-state index is 0.724. The summed E-state index contributed by atoms with van der Waals surface area (Å²) in [6.45, 7) is 11.1. The molecule has 2 heteroatoms. The second-order valence-corrected chi connectivity index (χ2v) is 4.48. The van der Waals surface area contributed by atoms with Crippen molar-refractivity contribution in [2.45, 2.75) is 39.7 Å². The monoisotopic (exact) mass is 185 g/mol. The first-order valence-electron chi connectivity index (χ1n) is 5.52. The van der Waals surface area contributed by atoms with E-state index in [9.17, 15) is 0 Å². The van der Waals surface area contributed by atoms with E-state index in [0.29, 0.717) is 0 Å². The van der Waals surface area contributed by atoms with Crippen LogP contribution >= 0.6 is 0 Å². The molecule has 2 nitrogen and oxygen atoms in total. The molecule has 1 atom stereocenters. The lowest BCUT2D eigenvalue weighted by Gasteiger charge is -2.28. The Bertz CT molecular complexity index is 128. The molecule has 0 aromatic carbocycles. The Kier molecular flexibility index (Phi) is 4.74. The van der Waals surface area contributed by atoms with Crippen molar-refractivity contribution in [2.24, 2.45) is 5.92 Å². The Labute approximate surface area is 82.3 Å².